The van der Waals surface area contributed by atoms with Crippen molar-refractivity contribution in [1.29, 1.82) is 0 Å². The van der Waals surface area contributed by atoms with E-state index in [1.165, 1.54) is 6.07 Å². The van der Waals surface area contributed by atoms with Crippen molar-refractivity contribution in [3.63, 3.8) is 0 Å². The van der Waals surface area contributed by atoms with E-state index in [0.717, 1.165) is 6.42 Å². The van der Waals surface area contributed by atoms with Gasteiger partial charge in [-0.2, -0.15) is 0 Å². The Morgan fingerprint density at radius 2 is 2.31 bits per heavy atom. The Hall–Kier alpha value is -0.468. The predicted molar refractivity (Wildman–Crippen MR) is 55.5 cm³/mol. The molecular weight excluding hydrogens is 301 g/mol. The number of hydrogen-bond donors (Lipinski definition) is 1. The van der Waals surface area contributed by atoms with Crippen LogP contribution in [0.1, 0.15) is 19.6 Å². The smallest absolute Gasteiger partial charge is 0.252 e. The van der Waals surface area contributed by atoms with Crippen molar-refractivity contribution in [2.45, 2.75) is 25.7 Å². The number of hydrogen-bond acceptors (Lipinski definition) is 3. The van der Waals surface area contributed by atoms with Gasteiger partial charge in [0.25, 0.3) is 5.56 Å². The molecule has 4 nitrogen and oxygen atoms in total. The van der Waals surface area contributed by atoms with Crippen LogP contribution in [0.5, 0.6) is 0 Å². The first-order chi connectivity index (χ1) is 7.22. The summed E-state index contributed by atoms with van der Waals surface area (Å²) >= 11 is 0. The van der Waals surface area contributed by atoms with Gasteiger partial charge in [-0.25, -0.2) is 0 Å². The zero-order valence-corrected chi connectivity index (χ0v) is 10.5. The van der Waals surface area contributed by atoms with Crippen molar-refractivity contribution in [1.82, 2.24) is 4.57 Å². The van der Waals surface area contributed by atoms with Crippen LogP contribution in [0.4, 0.5) is 0 Å². The van der Waals surface area contributed by atoms with Crippen molar-refractivity contribution in [3.8, 4) is 0 Å². The first-order valence-corrected chi connectivity index (χ1v) is 5.16. The number of nitrogens with zero attached hydrogens (tertiary/aromatic N) is 1. The van der Waals surface area contributed by atoms with Crippen molar-refractivity contribution >= 4 is 0 Å². The Morgan fingerprint density at radius 1 is 1.56 bits per heavy atom. The summed E-state index contributed by atoms with van der Waals surface area (Å²) in [5.41, 5.74) is -0.0621. The molecule has 0 amide bonds. The van der Waals surface area contributed by atoms with E-state index >= 15 is 0 Å². The topological polar surface area (TPSA) is 51.5 Å². The number of aliphatic hydroxyl groups excluding tert-OH is 1. The third kappa shape index (κ3) is 2.61. The second-order valence-electron chi connectivity index (χ2n) is 3.99. The van der Waals surface area contributed by atoms with Crippen molar-refractivity contribution in [2.24, 2.45) is 5.92 Å². The van der Waals surface area contributed by atoms with E-state index in [-0.39, 0.29) is 50.8 Å². The van der Waals surface area contributed by atoms with E-state index < -0.39 is 0 Å². The van der Waals surface area contributed by atoms with Gasteiger partial charge in [0.05, 0.1) is 12.7 Å². The summed E-state index contributed by atoms with van der Waals surface area (Å²) < 4.78 is 7.19. The minimum atomic E-state index is -0.240. The van der Waals surface area contributed by atoms with Crippen LogP contribution in [0.25, 0.3) is 0 Å². The minimum Gasteiger partial charge on any atom is -0.394 e. The van der Waals surface area contributed by atoms with E-state index in [2.05, 4.69) is 0 Å². The number of aliphatic hydroxyl groups is 1. The van der Waals surface area contributed by atoms with Gasteiger partial charge in [-0.3, -0.25) is 9.36 Å². The van der Waals surface area contributed by atoms with Gasteiger partial charge in [0, 0.05) is 38.6 Å². The molecule has 92 valence electrons. The molecule has 1 aliphatic heterocycles. The summed E-state index contributed by atoms with van der Waals surface area (Å²) in [6.07, 6.45) is 2.14. The normalized spacial score (nSPS) is 28.8. The molecule has 1 fully saturated rings. The van der Waals surface area contributed by atoms with Crippen molar-refractivity contribution < 1.29 is 30.3 Å². The molecule has 0 aromatic carbocycles. The average Bonchev–Trinajstić information content (AvgIpc) is 2.60. The molecule has 0 bridgehead atoms. The van der Waals surface area contributed by atoms with E-state index in [0.29, 0.717) is 0 Å². The van der Waals surface area contributed by atoms with Crippen LogP contribution in [0.3, 0.4) is 0 Å². The van der Waals surface area contributed by atoms with Crippen LogP contribution in [-0.4, -0.2) is 22.4 Å². The standard InChI is InChI=1S/C11H15NO3.Pd/c1-8-6-9(7-13)15-11(8)12-5-3-2-4-10(12)14;/h2-5,8-9,11,13H,6-7H2,1H3;. The summed E-state index contributed by atoms with van der Waals surface area (Å²) in [6.45, 7) is 2.04. The fraction of sp³-hybridized carbons (Fsp3) is 0.545. The monoisotopic (exact) mass is 315 g/mol. The zero-order chi connectivity index (χ0) is 10.8. The second kappa shape index (κ2) is 5.74. The van der Waals surface area contributed by atoms with Crippen LogP contribution in [0.15, 0.2) is 29.2 Å². The molecule has 1 saturated heterocycles. The number of rotatable bonds is 2. The molecular formula is C11H15NO3Pd. The van der Waals surface area contributed by atoms with Crippen LogP contribution < -0.4 is 5.56 Å². The summed E-state index contributed by atoms with van der Waals surface area (Å²) in [4.78, 5) is 11.6. The molecule has 5 heteroatoms. The molecule has 0 saturated carbocycles. The number of aromatic nitrogens is 1. The molecule has 0 radical (unpaired) electrons. The van der Waals surface area contributed by atoms with Gasteiger partial charge in [0.1, 0.15) is 6.23 Å². The zero-order valence-electron chi connectivity index (χ0n) is 8.98. The fourth-order valence-electron chi connectivity index (χ4n) is 2.03. The van der Waals surface area contributed by atoms with Crippen LogP contribution in [0.2, 0.25) is 0 Å². The Labute approximate surface area is 108 Å². The van der Waals surface area contributed by atoms with Crippen molar-refractivity contribution in [2.75, 3.05) is 6.61 Å². The van der Waals surface area contributed by atoms with Gasteiger partial charge in [0.15, 0.2) is 0 Å². The summed E-state index contributed by atoms with van der Waals surface area (Å²) in [7, 11) is 0. The average molecular weight is 316 g/mol. The fourth-order valence-corrected chi connectivity index (χ4v) is 2.03. The maximum atomic E-state index is 11.6. The molecule has 1 N–H and O–H groups in total. The van der Waals surface area contributed by atoms with Crippen LogP contribution in [-0.2, 0) is 25.2 Å². The Kier molecular flexibility index (Phi) is 4.88. The third-order valence-corrected chi connectivity index (χ3v) is 2.78. The largest absolute Gasteiger partial charge is 0.394 e. The first kappa shape index (κ1) is 13.6. The van der Waals surface area contributed by atoms with Gasteiger partial charge in [-0.15, -0.1) is 0 Å². The van der Waals surface area contributed by atoms with Gasteiger partial charge in [-0.05, 0) is 12.5 Å². The SMILES string of the molecule is CC1CC(CO)OC1n1ccccc1=O.[Pd]. The molecule has 0 aliphatic carbocycles. The molecule has 2 rings (SSSR count). The number of ether oxygens (including phenoxy) is 1. The minimum absolute atomic E-state index is 0. The maximum absolute atomic E-state index is 11.6. The van der Waals surface area contributed by atoms with Gasteiger partial charge in [0.2, 0.25) is 0 Å². The first-order valence-electron chi connectivity index (χ1n) is 5.16. The molecule has 16 heavy (non-hydrogen) atoms. The van der Waals surface area contributed by atoms with Gasteiger partial charge >= 0.3 is 0 Å². The third-order valence-electron chi connectivity index (χ3n) is 2.78. The van der Waals surface area contributed by atoms with Crippen LogP contribution >= 0.6 is 0 Å². The molecule has 1 aliphatic rings. The maximum Gasteiger partial charge on any atom is 0.252 e. The van der Waals surface area contributed by atoms with Gasteiger partial charge in [-0.1, -0.05) is 13.0 Å². The van der Waals surface area contributed by atoms with E-state index in [1.807, 2.05) is 13.0 Å². The Bertz CT molecular complexity index is 393. The van der Waals surface area contributed by atoms with E-state index in [9.17, 15) is 4.79 Å². The summed E-state index contributed by atoms with van der Waals surface area (Å²) in [5.74, 6) is 0.252. The summed E-state index contributed by atoms with van der Waals surface area (Å²) in [5, 5.41) is 9.01. The Morgan fingerprint density at radius 3 is 2.88 bits per heavy atom. The van der Waals surface area contributed by atoms with E-state index in [4.69, 9.17) is 9.84 Å². The molecule has 1 aromatic heterocycles. The van der Waals surface area contributed by atoms with Crippen molar-refractivity contribution in [3.05, 3.63) is 34.7 Å². The number of pyridine rings is 1. The van der Waals surface area contributed by atoms with E-state index in [1.54, 1.807) is 16.8 Å². The molecule has 1 aromatic rings. The molecule has 3 unspecified atom stereocenters. The Balaban J connectivity index is 0.00000128. The van der Waals surface area contributed by atoms with Gasteiger partial charge < -0.3 is 9.84 Å². The van der Waals surface area contributed by atoms with Crippen LogP contribution in [0, 0.1) is 5.92 Å². The summed E-state index contributed by atoms with van der Waals surface area (Å²) in [6, 6.07) is 5.04. The predicted octanol–water partition coefficient (Wildman–Crippen LogP) is 0.762. The molecule has 2 heterocycles. The second-order valence-corrected chi connectivity index (χ2v) is 3.99. The quantitative estimate of drug-likeness (QED) is 0.820. The molecule has 3 atom stereocenters. The molecule has 0 spiro atoms.